The minimum atomic E-state index is -5.48. The van der Waals surface area contributed by atoms with Gasteiger partial charge in [-0.3, -0.25) is 14.5 Å². The molecule has 34 heavy (non-hydrogen) atoms. The lowest BCUT2D eigenvalue weighted by molar-refractivity contribution is -0.175. The van der Waals surface area contributed by atoms with Crippen molar-refractivity contribution in [1.82, 2.24) is 4.90 Å². The van der Waals surface area contributed by atoms with E-state index in [1.54, 1.807) is 13.8 Å². The predicted molar refractivity (Wildman–Crippen MR) is 117 cm³/mol. The Bertz CT molecular complexity index is 872. The summed E-state index contributed by atoms with van der Waals surface area (Å²) < 4.78 is 87.6. The second-order valence-corrected chi connectivity index (χ2v) is 12.5. The van der Waals surface area contributed by atoms with Crippen molar-refractivity contribution >= 4 is 21.6 Å². The number of carbonyl (C=O) groups is 2. The highest BCUT2D eigenvalue weighted by atomic mass is 32.2. The van der Waals surface area contributed by atoms with E-state index in [0.717, 1.165) is 19.8 Å². The Balaban J connectivity index is 1.51. The van der Waals surface area contributed by atoms with Gasteiger partial charge in [-0.15, -0.1) is 0 Å². The molecule has 4 saturated carbocycles. The van der Waals surface area contributed by atoms with Gasteiger partial charge < -0.3 is 4.74 Å². The lowest BCUT2D eigenvalue weighted by Gasteiger charge is -2.53. The molecule has 0 aromatic heterocycles. The number of ketones is 1. The first kappa shape index (κ1) is 27.4. The summed E-state index contributed by atoms with van der Waals surface area (Å²) in [6.07, 6.45) is 1.35. The summed E-state index contributed by atoms with van der Waals surface area (Å²) >= 11 is 0. The van der Waals surface area contributed by atoms with Crippen molar-refractivity contribution < 1.29 is 40.3 Å². The van der Waals surface area contributed by atoms with Crippen molar-refractivity contribution in [2.45, 2.75) is 88.7 Å². The van der Waals surface area contributed by atoms with E-state index in [1.165, 1.54) is 4.90 Å². The lowest BCUT2D eigenvalue weighted by Crippen LogP contribution is -2.55. The molecule has 4 aliphatic rings. The van der Waals surface area contributed by atoms with Crippen LogP contribution < -0.4 is 0 Å². The molecule has 3 unspecified atom stereocenters. The number of ether oxygens (including phenoxy) is 1. The standard InChI is InChI=1S/C23H35F4NO5S/c1-4-28(5-2)15(3)34(31,32)23(26,27)22(24,25)8-6-7-9-33-20(30)21-12-16-10-17(13-21)19(29)18(11-16)14-21/h15-18H,4-14H2,1-3H3. The monoisotopic (exact) mass is 513 g/mol. The molecular formula is C23H35F4NO5S. The normalized spacial score (nSPS) is 30.1. The molecular weight excluding hydrogens is 478 g/mol. The van der Waals surface area contributed by atoms with E-state index in [0.29, 0.717) is 25.2 Å². The Kier molecular flexibility index (Phi) is 7.78. The molecule has 4 rings (SSSR count). The van der Waals surface area contributed by atoms with Crippen LogP contribution in [0.15, 0.2) is 0 Å². The van der Waals surface area contributed by atoms with Gasteiger partial charge in [0.1, 0.15) is 11.2 Å². The first-order valence-electron chi connectivity index (χ1n) is 12.2. The molecule has 0 radical (unpaired) electrons. The van der Waals surface area contributed by atoms with Crippen molar-refractivity contribution in [2.75, 3.05) is 19.7 Å². The Morgan fingerprint density at radius 3 is 2.18 bits per heavy atom. The molecule has 0 aliphatic heterocycles. The number of nitrogens with zero attached hydrogens (tertiary/aromatic N) is 1. The predicted octanol–water partition coefficient (Wildman–Crippen LogP) is 4.43. The van der Waals surface area contributed by atoms with Gasteiger partial charge in [0.05, 0.1) is 12.0 Å². The van der Waals surface area contributed by atoms with E-state index >= 15 is 0 Å². The number of hydrogen-bond acceptors (Lipinski definition) is 6. The van der Waals surface area contributed by atoms with E-state index in [4.69, 9.17) is 4.74 Å². The molecule has 0 saturated heterocycles. The van der Waals surface area contributed by atoms with E-state index < -0.39 is 50.6 Å². The van der Waals surface area contributed by atoms with E-state index in [-0.39, 0.29) is 43.7 Å². The minimum Gasteiger partial charge on any atom is -0.465 e. The molecule has 4 fully saturated rings. The number of hydrogen-bond donors (Lipinski definition) is 0. The number of alkyl halides is 4. The fourth-order valence-electron chi connectivity index (χ4n) is 6.27. The van der Waals surface area contributed by atoms with Crippen molar-refractivity contribution in [3.63, 3.8) is 0 Å². The molecule has 0 amide bonds. The van der Waals surface area contributed by atoms with Crippen LogP contribution in [0.3, 0.4) is 0 Å². The summed E-state index contributed by atoms with van der Waals surface area (Å²) in [7, 11) is -5.48. The first-order chi connectivity index (χ1) is 15.7. The highest BCUT2D eigenvalue weighted by Crippen LogP contribution is 2.59. The maximum Gasteiger partial charge on any atom is 0.408 e. The zero-order chi connectivity index (χ0) is 25.5. The van der Waals surface area contributed by atoms with Gasteiger partial charge in [0.15, 0.2) is 0 Å². The van der Waals surface area contributed by atoms with Crippen molar-refractivity contribution in [3.8, 4) is 0 Å². The maximum atomic E-state index is 14.5. The molecule has 196 valence electrons. The quantitative estimate of drug-likeness (QED) is 0.218. The second-order valence-electron chi connectivity index (χ2n) is 10.2. The third-order valence-corrected chi connectivity index (χ3v) is 10.3. The third-order valence-electron chi connectivity index (χ3n) is 8.10. The number of unbranched alkanes of at least 4 members (excludes halogenated alkanes) is 1. The fraction of sp³-hybridized carbons (Fsp3) is 0.913. The van der Waals surface area contributed by atoms with Crippen LogP contribution in [0.1, 0.15) is 72.1 Å². The maximum absolute atomic E-state index is 14.5. The smallest absolute Gasteiger partial charge is 0.408 e. The summed E-state index contributed by atoms with van der Waals surface area (Å²) in [6.45, 7) is 4.16. The largest absolute Gasteiger partial charge is 0.465 e. The first-order valence-corrected chi connectivity index (χ1v) is 13.7. The van der Waals surface area contributed by atoms with Crippen molar-refractivity contribution in [3.05, 3.63) is 0 Å². The van der Waals surface area contributed by atoms with E-state index in [2.05, 4.69) is 0 Å². The van der Waals surface area contributed by atoms with Gasteiger partial charge in [-0.25, -0.2) is 8.42 Å². The molecule has 4 bridgehead atoms. The number of carbonyl (C=O) groups excluding carboxylic acids is 2. The van der Waals surface area contributed by atoms with Crippen LogP contribution >= 0.6 is 0 Å². The van der Waals surface area contributed by atoms with Gasteiger partial charge in [0, 0.05) is 18.3 Å². The zero-order valence-corrected chi connectivity index (χ0v) is 20.8. The number of sulfone groups is 1. The van der Waals surface area contributed by atoms with Gasteiger partial charge in [0.25, 0.3) is 0 Å². The fourth-order valence-corrected chi connectivity index (χ4v) is 7.90. The molecule has 0 aromatic carbocycles. The Morgan fingerprint density at radius 1 is 1.09 bits per heavy atom. The van der Waals surface area contributed by atoms with Crippen LogP contribution in [0.5, 0.6) is 0 Å². The summed E-state index contributed by atoms with van der Waals surface area (Å²) in [5.74, 6) is -4.86. The number of esters is 1. The number of Topliss-reactive ketones (excluding diaryl/α,β-unsaturated/α-hetero) is 1. The van der Waals surface area contributed by atoms with Crippen LogP contribution in [-0.4, -0.2) is 61.3 Å². The van der Waals surface area contributed by atoms with Gasteiger partial charge in [0.2, 0.25) is 9.84 Å². The highest BCUT2D eigenvalue weighted by Gasteiger charge is 2.66. The average molecular weight is 514 g/mol. The van der Waals surface area contributed by atoms with Crippen LogP contribution in [0.4, 0.5) is 17.6 Å². The van der Waals surface area contributed by atoms with Gasteiger partial charge >= 0.3 is 17.1 Å². The summed E-state index contributed by atoms with van der Waals surface area (Å²) in [6, 6.07) is 0. The molecule has 4 aliphatic carbocycles. The van der Waals surface area contributed by atoms with Gasteiger partial charge in [-0.1, -0.05) is 13.8 Å². The lowest BCUT2D eigenvalue weighted by atomic mass is 9.49. The Labute approximate surface area is 198 Å². The van der Waals surface area contributed by atoms with Gasteiger partial charge in [-0.2, -0.15) is 17.6 Å². The van der Waals surface area contributed by atoms with E-state index in [9.17, 15) is 35.6 Å². The molecule has 0 N–H and O–H groups in total. The summed E-state index contributed by atoms with van der Waals surface area (Å²) in [4.78, 5) is 26.2. The third kappa shape index (κ3) is 4.63. The second kappa shape index (κ2) is 9.67. The molecule has 3 atom stereocenters. The van der Waals surface area contributed by atoms with Crippen LogP contribution in [0.25, 0.3) is 0 Å². The van der Waals surface area contributed by atoms with Crippen molar-refractivity contribution in [2.24, 2.45) is 23.2 Å². The zero-order valence-electron chi connectivity index (χ0n) is 20.0. The number of halogens is 4. The Morgan fingerprint density at radius 2 is 1.65 bits per heavy atom. The van der Waals surface area contributed by atoms with E-state index in [1.807, 2.05) is 0 Å². The molecule has 0 heterocycles. The summed E-state index contributed by atoms with van der Waals surface area (Å²) in [5, 5.41) is -6.97. The molecule has 0 aromatic rings. The molecule has 0 spiro atoms. The van der Waals surface area contributed by atoms with Crippen LogP contribution in [0.2, 0.25) is 0 Å². The summed E-state index contributed by atoms with van der Waals surface area (Å²) in [5.41, 5.74) is -0.698. The van der Waals surface area contributed by atoms with Crippen LogP contribution in [0, 0.1) is 23.2 Å². The number of rotatable bonds is 12. The van der Waals surface area contributed by atoms with Crippen LogP contribution in [-0.2, 0) is 24.2 Å². The minimum absolute atomic E-state index is 0.0889. The highest BCUT2D eigenvalue weighted by molar-refractivity contribution is 7.93. The van der Waals surface area contributed by atoms with Gasteiger partial charge in [-0.05, 0) is 70.9 Å². The molecule has 11 heteroatoms. The van der Waals surface area contributed by atoms with Crippen molar-refractivity contribution in [1.29, 1.82) is 0 Å². The molecule has 6 nitrogen and oxygen atoms in total. The SMILES string of the molecule is CCN(CC)C(C)S(=O)(=O)C(F)(F)C(F)(F)CCCCOC(=O)C12CC3CC(C1)C(=O)C(C3)C2. The average Bonchev–Trinajstić information content (AvgIpc) is 2.76. The topological polar surface area (TPSA) is 80.8 Å². The Hall–Kier alpha value is -1.23.